The van der Waals surface area contributed by atoms with Crippen LogP contribution in [0.1, 0.15) is 29.0 Å². The fraction of sp³-hybridized carbons (Fsp3) is 0.250. The number of hydrogen-bond acceptors (Lipinski definition) is 6. The summed E-state index contributed by atoms with van der Waals surface area (Å²) < 4.78 is 5.14. The van der Waals surface area contributed by atoms with E-state index in [-0.39, 0.29) is 5.91 Å². The first-order valence-corrected chi connectivity index (χ1v) is 9.69. The van der Waals surface area contributed by atoms with Gasteiger partial charge in [0.1, 0.15) is 0 Å². The fourth-order valence-corrected chi connectivity index (χ4v) is 3.41. The Hall–Kier alpha value is -2.80. The van der Waals surface area contributed by atoms with Crippen molar-refractivity contribution >= 4 is 29.0 Å². The van der Waals surface area contributed by atoms with Gasteiger partial charge in [0.15, 0.2) is 5.82 Å². The van der Waals surface area contributed by atoms with E-state index in [1.165, 1.54) is 11.8 Å². The Bertz CT molecular complexity index is 926. The SMILES string of the molecule is CCN(C)c1cccc(NC(=O)c2ccccc2SCc2nc(C)no2)c1. The van der Waals surface area contributed by atoms with Gasteiger partial charge in [-0.25, -0.2) is 0 Å². The third kappa shape index (κ3) is 4.89. The maximum absolute atomic E-state index is 12.8. The van der Waals surface area contributed by atoms with E-state index in [1.807, 2.05) is 55.6 Å². The van der Waals surface area contributed by atoms with Crippen LogP contribution >= 0.6 is 11.8 Å². The highest BCUT2D eigenvalue weighted by Crippen LogP contribution is 2.27. The molecule has 140 valence electrons. The lowest BCUT2D eigenvalue weighted by Gasteiger charge is -2.18. The van der Waals surface area contributed by atoms with E-state index in [2.05, 4.69) is 27.3 Å². The summed E-state index contributed by atoms with van der Waals surface area (Å²) >= 11 is 1.50. The average molecular weight is 382 g/mol. The molecule has 0 unspecified atom stereocenters. The molecular formula is C20H22N4O2S. The molecule has 3 aromatic rings. The van der Waals surface area contributed by atoms with Gasteiger partial charge < -0.3 is 14.7 Å². The normalized spacial score (nSPS) is 10.6. The standard InChI is InChI=1S/C20H22N4O2S/c1-4-24(3)16-9-7-8-15(12-16)22-20(25)17-10-5-6-11-18(17)27-13-19-21-14(2)23-26-19/h5-12H,4,13H2,1-3H3,(H,22,25). The molecule has 1 heterocycles. The van der Waals surface area contributed by atoms with E-state index in [9.17, 15) is 4.79 Å². The molecule has 0 saturated heterocycles. The highest BCUT2D eigenvalue weighted by Gasteiger charge is 2.13. The minimum Gasteiger partial charge on any atom is -0.375 e. The predicted molar refractivity (Wildman–Crippen MR) is 108 cm³/mol. The zero-order valence-corrected chi connectivity index (χ0v) is 16.4. The van der Waals surface area contributed by atoms with Gasteiger partial charge in [0.25, 0.3) is 5.91 Å². The maximum Gasteiger partial charge on any atom is 0.256 e. The van der Waals surface area contributed by atoms with Gasteiger partial charge in [-0.2, -0.15) is 4.98 Å². The Labute approximate surface area is 163 Å². The number of nitrogens with zero attached hydrogens (tertiary/aromatic N) is 3. The lowest BCUT2D eigenvalue weighted by molar-refractivity contribution is 0.102. The predicted octanol–water partition coefficient (Wildman–Crippen LogP) is 4.38. The molecule has 7 heteroatoms. The van der Waals surface area contributed by atoms with E-state index in [0.29, 0.717) is 23.0 Å². The first-order valence-electron chi connectivity index (χ1n) is 8.70. The van der Waals surface area contributed by atoms with Crippen molar-refractivity contribution in [1.82, 2.24) is 10.1 Å². The number of carbonyl (C=O) groups is 1. The van der Waals surface area contributed by atoms with Gasteiger partial charge in [-0.15, -0.1) is 11.8 Å². The van der Waals surface area contributed by atoms with Crippen molar-refractivity contribution in [1.29, 1.82) is 0 Å². The Balaban J connectivity index is 1.73. The second-order valence-electron chi connectivity index (χ2n) is 6.04. The molecule has 0 aliphatic heterocycles. The summed E-state index contributed by atoms with van der Waals surface area (Å²) in [5.74, 6) is 1.52. The lowest BCUT2D eigenvalue weighted by Crippen LogP contribution is -2.17. The smallest absolute Gasteiger partial charge is 0.256 e. The van der Waals surface area contributed by atoms with Gasteiger partial charge in [0, 0.05) is 29.9 Å². The van der Waals surface area contributed by atoms with Crippen molar-refractivity contribution in [3.05, 3.63) is 65.8 Å². The molecule has 0 aliphatic rings. The Morgan fingerprint density at radius 1 is 1.22 bits per heavy atom. The number of carbonyl (C=O) groups excluding carboxylic acids is 1. The van der Waals surface area contributed by atoms with Crippen molar-refractivity contribution < 1.29 is 9.32 Å². The maximum atomic E-state index is 12.8. The van der Waals surface area contributed by atoms with Gasteiger partial charge >= 0.3 is 0 Å². The van der Waals surface area contributed by atoms with Crippen LogP contribution in [0.2, 0.25) is 0 Å². The van der Waals surface area contributed by atoms with Gasteiger partial charge in [0.2, 0.25) is 5.89 Å². The molecule has 0 atom stereocenters. The van der Waals surface area contributed by atoms with E-state index in [1.54, 1.807) is 6.92 Å². The van der Waals surface area contributed by atoms with Crippen LogP contribution in [0.5, 0.6) is 0 Å². The Morgan fingerprint density at radius 3 is 2.78 bits per heavy atom. The van der Waals surface area contributed by atoms with E-state index in [0.717, 1.165) is 22.8 Å². The fourth-order valence-electron chi connectivity index (χ4n) is 2.52. The molecule has 0 aliphatic carbocycles. The number of thioether (sulfide) groups is 1. The van der Waals surface area contributed by atoms with Gasteiger partial charge in [0.05, 0.1) is 11.3 Å². The van der Waals surface area contributed by atoms with Crippen LogP contribution in [0.15, 0.2) is 57.9 Å². The third-order valence-corrected chi connectivity index (χ3v) is 5.13. The number of anilines is 2. The van der Waals surface area contributed by atoms with Crippen LogP contribution in [0.4, 0.5) is 11.4 Å². The number of nitrogens with one attached hydrogen (secondary N) is 1. The topological polar surface area (TPSA) is 71.3 Å². The van der Waals surface area contributed by atoms with Crippen LogP contribution < -0.4 is 10.2 Å². The Morgan fingerprint density at radius 2 is 2.04 bits per heavy atom. The van der Waals surface area contributed by atoms with E-state index >= 15 is 0 Å². The average Bonchev–Trinajstić information content (AvgIpc) is 3.11. The highest BCUT2D eigenvalue weighted by molar-refractivity contribution is 7.98. The summed E-state index contributed by atoms with van der Waals surface area (Å²) in [6, 6.07) is 15.3. The van der Waals surface area contributed by atoms with Crippen LogP contribution in [0, 0.1) is 6.92 Å². The van der Waals surface area contributed by atoms with E-state index < -0.39 is 0 Å². The number of aromatic nitrogens is 2. The molecule has 27 heavy (non-hydrogen) atoms. The number of rotatable bonds is 7. The van der Waals surface area contributed by atoms with Gasteiger partial charge in [-0.05, 0) is 44.2 Å². The second-order valence-corrected chi connectivity index (χ2v) is 7.06. The Kier molecular flexibility index (Phi) is 6.13. The monoisotopic (exact) mass is 382 g/mol. The zero-order valence-electron chi connectivity index (χ0n) is 15.6. The molecule has 0 bridgehead atoms. The first-order chi connectivity index (χ1) is 13.1. The number of benzene rings is 2. The molecule has 0 radical (unpaired) electrons. The van der Waals surface area contributed by atoms with E-state index in [4.69, 9.17) is 4.52 Å². The summed E-state index contributed by atoms with van der Waals surface area (Å²) in [5.41, 5.74) is 2.45. The molecule has 0 saturated carbocycles. The summed E-state index contributed by atoms with van der Waals surface area (Å²) in [7, 11) is 2.02. The van der Waals surface area contributed by atoms with Crippen LogP contribution in [0.3, 0.4) is 0 Å². The quantitative estimate of drug-likeness (QED) is 0.612. The van der Waals surface area contributed by atoms with Crippen molar-refractivity contribution in [3.63, 3.8) is 0 Å². The molecule has 1 amide bonds. The van der Waals surface area contributed by atoms with Crippen molar-refractivity contribution in [2.75, 3.05) is 23.8 Å². The van der Waals surface area contributed by atoms with Crippen molar-refractivity contribution in [2.24, 2.45) is 0 Å². The van der Waals surface area contributed by atoms with Crippen LogP contribution in [-0.2, 0) is 5.75 Å². The second kappa shape index (κ2) is 8.73. The lowest BCUT2D eigenvalue weighted by atomic mass is 10.2. The van der Waals surface area contributed by atoms with Crippen molar-refractivity contribution in [2.45, 2.75) is 24.5 Å². The van der Waals surface area contributed by atoms with Gasteiger partial charge in [-0.3, -0.25) is 4.79 Å². The molecule has 3 rings (SSSR count). The first kappa shape index (κ1) is 19.0. The number of hydrogen-bond donors (Lipinski definition) is 1. The molecule has 6 nitrogen and oxygen atoms in total. The van der Waals surface area contributed by atoms with Gasteiger partial charge in [-0.1, -0.05) is 23.4 Å². The molecular weight excluding hydrogens is 360 g/mol. The summed E-state index contributed by atoms with van der Waals surface area (Å²) in [6.45, 7) is 4.76. The number of amides is 1. The van der Waals surface area contributed by atoms with Crippen LogP contribution in [-0.4, -0.2) is 29.6 Å². The molecule has 0 fully saturated rings. The summed E-state index contributed by atoms with van der Waals surface area (Å²) in [6.07, 6.45) is 0. The number of aryl methyl sites for hydroxylation is 1. The summed E-state index contributed by atoms with van der Waals surface area (Å²) in [4.78, 5) is 20.0. The molecule has 1 N–H and O–H groups in total. The molecule has 1 aromatic heterocycles. The minimum absolute atomic E-state index is 0.142. The molecule has 0 spiro atoms. The minimum atomic E-state index is -0.142. The largest absolute Gasteiger partial charge is 0.375 e. The summed E-state index contributed by atoms with van der Waals surface area (Å²) in [5, 5.41) is 6.78. The third-order valence-electron chi connectivity index (χ3n) is 4.07. The van der Waals surface area contributed by atoms with Crippen LogP contribution in [0.25, 0.3) is 0 Å². The molecule has 2 aromatic carbocycles. The van der Waals surface area contributed by atoms with Crippen molar-refractivity contribution in [3.8, 4) is 0 Å². The zero-order chi connectivity index (χ0) is 19.2. The highest BCUT2D eigenvalue weighted by atomic mass is 32.2.